The number of carbonyl (C=O) groups is 3. The molecule has 1 heterocycles. The molecule has 2 aromatic carbocycles. The summed E-state index contributed by atoms with van der Waals surface area (Å²) in [6.07, 6.45) is 2.99. The van der Waals surface area contributed by atoms with Crippen LogP contribution in [0.15, 0.2) is 48.5 Å². The summed E-state index contributed by atoms with van der Waals surface area (Å²) in [5, 5.41) is 12.1. The van der Waals surface area contributed by atoms with Gasteiger partial charge in [0.05, 0.1) is 0 Å². The number of likely N-dealkylation sites (tertiary alicyclic amines) is 1. The van der Waals surface area contributed by atoms with Crippen LogP contribution in [0.1, 0.15) is 49.1 Å². The van der Waals surface area contributed by atoms with Crippen molar-refractivity contribution in [2.24, 2.45) is 11.8 Å². The maximum Gasteiger partial charge on any atom is 0.407 e. The Bertz CT molecular complexity index is 1050. The molecule has 1 saturated heterocycles. The van der Waals surface area contributed by atoms with Crippen molar-refractivity contribution in [3.63, 3.8) is 0 Å². The number of rotatable bonds is 7. The van der Waals surface area contributed by atoms with Crippen LogP contribution in [-0.4, -0.2) is 53.7 Å². The van der Waals surface area contributed by atoms with Gasteiger partial charge in [0.25, 0.3) is 0 Å². The molecule has 0 radical (unpaired) electrons. The minimum atomic E-state index is -0.912. The van der Waals surface area contributed by atoms with Crippen molar-refractivity contribution in [3.8, 4) is 11.1 Å². The van der Waals surface area contributed by atoms with Gasteiger partial charge in [-0.15, -0.1) is 0 Å². The first-order chi connectivity index (χ1) is 16.5. The number of alkyl carbamates (subject to hydrolysis) is 1. The van der Waals surface area contributed by atoms with E-state index < -0.39 is 18.1 Å². The molecule has 178 valence electrons. The second-order valence-corrected chi connectivity index (χ2v) is 9.70. The second kappa shape index (κ2) is 9.49. The summed E-state index contributed by atoms with van der Waals surface area (Å²) in [6.45, 7) is 1.36. The van der Waals surface area contributed by atoms with Crippen molar-refractivity contribution in [2.75, 3.05) is 19.7 Å². The Morgan fingerprint density at radius 2 is 1.62 bits per heavy atom. The highest BCUT2D eigenvalue weighted by molar-refractivity contribution is 5.84. The van der Waals surface area contributed by atoms with Gasteiger partial charge < -0.3 is 20.1 Å². The maximum absolute atomic E-state index is 12.5. The van der Waals surface area contributed by atoms with E-state index in [1.165, 1.54) is 27.2 Å². The summed E-state index contributed by atoms with van der Waals surface area (Å²) in [5.41, 5.74) is 4.77. The van der Waals surface area contributed by atoms with Gasteiger partial charge in [0.1, 0.15) is 12.6 Å². The molecule has 2 aliphatic carbocycles. The molecule has 0 bridgehead atoms. The fourth-order valence-electron chi connectivity index (χ4n) is 5.77. The molecule has 7 nitrogen and oxygen atoms in total. The van der Waals surface area contributed by atoms with E-state index in [-0.39, 0.29) is 17.7 Å². The van der Waals surface area contributed by atoms with Crippen LogP contribution in [0.25, 0.3) is 11.1 Å². The van der Waals surface area contributed by atoms with Crippen LogP contribution in [-0.2, 0) is 14.3 Å². The van der Waals surface area contributed by atoms with Crippen molar-refractivity contribution in [1.82, 2.24) is 10.2 Å². The summed E-state index contributed by atoms with van der Waals surface area (Å²) in [6, 6.07) is 15.8. The Morgan fingerprint density at radius 1 is 0.971 bits per heavy atom. The number of amides is 2. The molecule has 34 heavy (non-hydrogen) atoms. The van der Waals surface area contributed by atoms with E-state index in [2.05, 4.69) is 29.6 Å². The zero-order chi connectivity index (χ0) is 23.7. The normalized spacial score (nSPS) is 23.1. The zero-order valence-electron chi connectivity index (χ0n) is 19.1. The summed E-state index contributed by atoms with van der Waals surface area (Å²) in [4.78, 5) is 37.7. The Labute approximate surface area is 199 Å². The molecule has 1 saturated carbocycles. The highest BCUT2D eigenvalue weighted by Crippen LogP contribution is 2.44. The van der Waals surface area contributed by atoms with Gasteiger partial charge in [0.15, 0.2) is 0 Å². The Morgan fingerprint density at radius 3 is 2.26 bits per heavy atom. The Hall–Kier alpha value is -3.35. The molecule has 1 aliphatic heterocycles. The van der Waals surface area contributed by atoms with Crippen molar-refractivity contribution < 1.29 is 24.2 Å². The summed E-state index contributed by atoms with van der Waals surface area (Å²) < 4.78 is 5.59. The highest BCUT2D eigenvalue weighted by Gasteiger charge is 2.37. The second-order valence-electron chi connectivity index (χ2n) is 9.70. The highest BCUT2D eigenvalue weighted by atomic mass is 16.5. The molecule has 0 spiro atoms. The van der Waals surface area contributed by atoms with E-state index in [0.29, 0.717) is 38.5 Å². The lowest BCUT2D eigenvalue weighted by atomic mass is 9.73. The minimum absolute atomic E-state index is 0.0393. The Balaban J connectivity index is 1.05. The van der Waals surface area contributed by atoms with Gasteiger partial charge in [-0.2, -0.15) is 0 Å². The van der Waals surface area contributed by atoms with Gasteiger partial charge in [-0.3, -0.25) is 4.79 Å². The number of ether oxygens (including phenoxy) is 1. The largest absolute Gasteiger partial charge is 0.480 e. The topological polar surface area (TPSA) is 95.9 Å². The number of hydrogen-bond acceptors (Lipinski definition) is 4. The van der Waals surface area contributed by atoms with E-state index >= 15 is 0 Å². The SMILES string of the molecule is O=C(NCC1CC(CC(=O)N2CCC[C@H]2C(=O)O)C1)OCC1c2ccccc2-c2ccccc21. The first kappa shape index (κ1) is 22.4. The van der Waals surface area contributed by atoms with Gasteiger partial charge in [0, 0.05) is 25.4 Å². The van der Waals surface area contributed by atoms with Gasteiger partial charge in [-0.05, 0) is 59.8 Å². The maximum atomic E-state index is 12.5. The average Bonchev–Trinajstić information content (AvgIpc) is 3.43. The lowest BCUT2D eigenvalue weighted by molar-refractivity contribution is -0.149. The average molecular weight is 463 g/mol. The molecule has 2 N–H and O–H groups in total. The lowest BCUT2D eigenvalue weighted by Crippen LogP contribution is -2.43. The van der Waals surface area contributed by atoms with Crippen LogP contribution in [0.4, 0.5) is 4.79 Å². The molecular formula is C27H30N2O5. The minimum Gasteiger partial charge on any atom is -0.480 e. The van der Waals surface area contributed by atoms with Gasteiger partial charge in [-0.25, -0.2) is 9.59 Å². The molecule has 0 aromatic heterocycles. The number of nitrogens with zero attached hydrogens (tertiary/aromatic N) is 1. The molecule has 3 aliphatic rings. The van der Waals surface area contributed by atoms with Gasteiger partial charge in [0.2, 0.25) is 5.91 Å². The van der Waals surface area contributed by atoms with Crippen molar-refractivity contribution >= 4 is 18.0 Å². The van der Waals surface area contributed by atoms with Gasteiger partial charge >= 0.3 is 12.1 Å². The summed E-state index contributed by atoms with van der Waals surface area (Å²) in [7, 11) is 0. The first-order valence-electron chi connectivity index (χ1n) is 12.1. The molecule has 7 heteroatoms. The van der Waals surface area contributed by atoms with Crippen LogP contribution >= 0.6 is 0 Å². The van der Waals surface area contributed by atoms with E-state index in [0.717, 1.165) is 19.3 Å². The van der Waals surface area contributed by atoms with Crippen LogP contribution in [0.2, 0.25) is 0 Å². The van der Waals surface area contributed by atoms with Crippen LogP contribution in [0.5, 0.6) is 0 Å². The molecule has 2 aromatic rings. The van der Waals surface area contributed by atoms with Gasteiger partial charge in [-0.1, -0.05) is 48.5 Å². The third kappa shape index (κ3) is 4.39. The molecule has 2 fully saturated rings. The standard InChI is InChI=1S/C27H30N2O5/c30-25(29-11-5-10-24(29)26(31)32)14-17-12-18(13-17)15-28-27(33)34-16-23-21-8-3-1-6-19(21)20-7-2-4-9-22(20)23/h1-4,6-9,17-18,23-24H,5,10-16H2,(H,28,33)(H,31,32)/t17?,18?,24-/m0/s1. The van der Waals surface area contributed by atoms with Crippen molar-refractivity contribution in [1.29, 1.82) is 0 Å². The van der Waals surface area contributed by atoms with E-state index in [4.69, 9.17) is 4.74 Å². The van der Waals surface area contributed by atoms with E-state index in [9.17, 15) is 19.5 Å². The number of benzene rings is 2. The zero-order valence-corrected chi connectivity index (χ0v) is 19.1. The number of carboxylic acids is 1. The molecule has 1 atom stereocenters. The van der Waals surface area contributed by atoms with E-state index in [1.54, 1.807) is 0 Å². The van der Waals surface area contributed by atoms with Crippen molar-refractivity contribution in [3.05, 3.63) is 59.7 Å². The van der Waals surface area contributed by atoms with Crippen molar-refractivity contribution in [2.45, 2.75) is 44.1 Å². The van der Waals surface area contributed by atoms with E-state index in [1.807, 2.05) is 24.3 Å². The smallest absolute Gasteiger partial charge is 0.407 e. The van der Waals surface area contributed by atoms with Crippen LogP contribution in [0.3, 0.4) is 0 Å². The predicted octanol–water partition coefficient (Wildman–Crippen LogP) is 4.02. The number of carboxylic acid groups (broad SMARTS) is 1. The molecule has 2 amide bonds. The quantitative estimate of drug-likeness (QED) is 0.648. The third-order valence-corrected chi connectivity index (χ3v) is 7.53. The molecule has 5 rings (SSSR count). The lowest BCUT2D eigenvalue weighted by Gasteiger charge is -2.36. The fourth-order valence-corrected chi connectivity index (χ4v) is 5.77. The number of hydrogen-bond donors (Lipinski definition) is 2. The number of nitrogens with one attached hydrogen (secondary N) is 1. The van der Waals surface area contributed by atoms with Crippen LogP contribution < -0.4 is 5.32 Å². The summed E-state index contributed by atoms with van der Waals surface area (Å²) >= 11 is 0. The summed E-state index contributed by atoms with van der Waals surface area (Å²) in [5.74, 6) is -0.344. The molecular weight excluding hydrogens is 432 g/mol. The molecule has 0 unspecified atom stereocenters. The Kier molecular flexibility index (Phi) is 6.26. The number of aliphatic carboxylic acids is 1. The first-order valence-corrected chi connectivity index (χ1v) is 12.1. The third-order valence-electron chi connectivity index (χ3n) is 7.53. The fraction of sp³-hybridized carbons (Fsp3) is 0.444. The van der Waals surface area contributed by atoms with Crippen LogP contribution in [0, 0.1) is 11.8 Å². The monoisotopic (exact) mass is 462 g/mol. The predicted molar refractivity (Wildman–Crippen MR) is 126 cm³/mol. The number of fused-ring (bicyclic) bond motifs is 3. The number of carbonyl (C=O) groups excluding carboxylic acids is 2.